The number of nitrogens with one attached hydrogen (secondary N) is 1. The van der Waals surface area contributed by atoms with E-state index in [2.05, 4.69) is 10.3 Å². The van der Waals surface area contributed by atoms with Gasteiger partial charge in [-0.2, -0.15) is 0 Å². The molecule has 0 spiro atoms. The molecule has 5 heteroatoms. The normalized spacial score (nSPS) is 22.3. The van der Waals surface area contributed by atoms with Gasteiger partial charge < -0.3 is 10.1 Å². The van der Waals surface area contributed by atoms with Crippen molar-refractivity contribution in [2.45, 2.75) is 51.9 Å². The number of anilines is 1. The Morgan fingerprint density at radius 2 is 2.14 bits per heavy atom. The van der Waals surface area contributed by atoms with Crippen LogP contribution in [0.4, 0.5) is 5.13 Å². The summed E-state index contributed by atoms with van der Waals surface area (Å²) in [5, 5.41) is 3.76. The van der Waals surface area contributed by atoms with Gasteiger partial charge in [-0.1, -0.05) is 32.6 Å². The molecule has 0 atom stereocenters. The van der Waals surface area contributed by atoms with Crippen LogP contribution in [0, 0.1) is 11.3 Å². The van der Waals surface area contributed by atoms with Crippen LogP contribution in [0.25, 0.3) is 0 Å². The van der Waals surface area contributed by atoms with Gasteiger partial charge in [0.25, 0.3) is 0 Å². The van der Waals surface area contributed by atoms with Gasteiger partial charge in [0.1, 0.15) is 0 Å². The van der Waals surface area contributed by atoms with E-state index in [0.29, 0.717) is 13.2 Å². The number of rotatable bonds is 4. The maximum absolute atomic E-state index is 12.4. The molecule has 1 aliphatic heterocycles. The fourth-order valence-corrected chi connectivity index (χ4v) is 4.18. The van der Waals surface area contributed by atoms with Crippen LogP contribution in [0.3, 0.4) is 0 Å². The van der Waals surface area contributed by atoms with Gasteiger partial charge in [0.15, 0.2) is 5.13 Å². The van der Waals surface area contributed by atoms with E-state index in [4.69, 9.17) is 4.74 Å². The molecule has 116 valence electrons. The number of nitrogens with zero attached hydrogens (tertiary/aromatic N) is 1. The number of amides is 1. The summed E-state index contributed by atoms with van der Waals surface area (Å²) in [5.74, 6) is 0.912. The molecule has 1 aliphatic carbocycles. The molecule has 0 unspecified atom stereocenters. The van der Waals surface area contributed by atoms with Crippen molar-refractivity contribution in [1.82, 2.24) is 4.98 Å². The molecule has 1 aromatic heterocycles. The van der Waals surface area contributed by atoms with Crippen molar-refractivity contribution < 1.29 is 9.53 Å². The second-order valence-electron chi connectivity index (χ2n) is 6.61. The minimum atomic E-state index is -0.310. The van der Waals surface area contributed by atoms with Crippen LogP contribution in [0.1, 0.15) is 50.3 Å². The largest absolute Gasteiger partial charge is 0.381 e. The van der Waals surface area contributed by atoms with Crippen LogP contribution < -0.4 is 5.32 Å². The van der Waals surface area contributed by atoms with E-state index in [1.807, 2.05) is 13.1 Å². The molecule has 2 fully saturated rings. The standard InChI is InChI=1S/C16H24N2O2S/c1-16(6-8-20-9-7-16)14(19)18-15-17-11-13(21-15)10-12-4-2-3-5-12/h11-12H,2-10H2,1H3,(H,17,18,19). The molecule has 0 bridgehead atoms. The Hall–Kier alpha value is -0.940. The van der Waals surface area contributed by atoms with Crippen LogP contribution >= 0.6 is 11.3 Å². The summed E-state index contributed by atoms with van der Waals surface area (Å²) in [7, 11) is 0. The fraction of sp³-hybridized carbons (Fsp3) is 0.750. The number of ether oxygens (including phenoxy) is 1. The monoisotopic (exact) mass is 308 g/mol. The summed E-state index contributed by atoms with van der Waals surface area (Å²) in [4.78, 5) is 18.1. The molecule has 1 amide bonds. The molecule has 21 heavy (non-hydrogen) atoms. The predicted octanol–water partition coefficient (Wildman–Crippen LogP) is 3.63. The van der Waals surface area contributed by atoms with Gasteiger partial charge >= 0.3 is 0 Å². The van der Waals surface area contributed by atoms with Crippen molar-refractivity contribution in [3.63, 3.8) is 0 Å². The molecular weight excluding hydrogens is 284 g/mol. The maximum Gasteiger partial charge on any atom is 0.232 e. The Morgan fingerprint density at radius 1 is 1.43 bits per heavy atom. The van der Waals surface area contributed by atoms with E-state index in [-0.39, 0.29) is 11.3 Å². The van der Waals surface area contributed by atoms with Crippen molar-refractivity contribution in [2.75, 3.05) is 18.5 Å². The van der Waals surface area contributed by atoms with Crippen molar-refractivity contribution >= 4 is 22.4 Å². The number of carbonyl (C=O) groups is 1. The van der Waals surface area contributed by atoms with Crippen LogP contribution in [0.2, 0.25) is 0 Å². The molecule has 1 aromatic rings. The number of aromatic nitrogens is 1. The smallest absolute Gasteiger partial charge is 0.232 e. The SMILES string of the molecule is CC1(C(=O)Nc2ncc(CC3CCCC3)s2)CCOCC1. The third-order valence-corrected chi connectivity index (χ3v) is 5.82. The van der Waals surface area contributed by atoms with Gasteiger partial charge in [-0.05, 0) is 25.2 Å². The molecule has 1 saturated heterocycles. The van der Waals surface area contributed by atoms with Crippen LogP contribution in [-0.2, 0) is 16.0 Å². The van der Waals surface area contributed by atoms with Gasteiger partial charge in [-0.15, -0.1) is 11.3 Å². The van der Waals surface area contributed by atoms with Crippen molar-refractivity contribution in [3.05, 3.63) is 11.1 Å². The van der Waals surface area contributed by atoms with Crippen molar-refractivity contribution in [3.8, 4) is 0 Å². The summed E-state index contributed by atoms with van der Waals surface area (Å²) >= 11 is 1.64. The molecule has 1 N–H and O–H groups in total. The van der Waals surface area contributed by atoms with Gasteiger partial charge in [-0.3, -0.25) is 4.79 Å². The first kappa shape index (κ1) is 15.0. The average Bonchev–Trinajstić information content (AvgIpc) is 3.12. The Kier molecular flexibility index (Phi) is 4.60. The van der Waals surface area contributed by atoms with Gasteiger partial charge in [-0.25, -0.2) is 4.98 Å². The predicted molar refractivity (Wildman–Crippen MR) is 84.6 cm³/mol. The zero-order valence-corrected chi connectivity index (χ0v) is 13.5. The van der Waals surface area contributed by atoms with Gasteiger partial charge in [0.2, 0.25) is 5.91 Å². The van der Waals surface area contributed by atoms with E-state index < -0.39 is 0 Å². The molecule has 1 saturated carbocycles. The van der Waals surface area contributed by atoms with E-state index in [0.717, 1.165) is 30.3 Å². The Morgan fingerprint density at radius 3 is 2.86 bits per heavy atom. The second kappa shape index (κ2) is 6.44. The highest BCUT2D eigenvalue weighted by atomic mass is 32.1. The van der Waals surface area contributed by atoms with Crippen molar-refractivity contribution in [2.24, 2.45) is 11.3 Å². The maximum atomic E-state index is 12.4. The summed E-state index contributed by atoms with van der Waals surface area (Å²) in [6.07, 6.45) is 10.1. The Balaban J connectivity index is 1.57. The summed E-state index contributed by atoms with van der Waals surface area (Å²) in [5.41, 5.74) is -0.310. The molecule has 0 radical (unpaired) electrons. The molecule has 0 aromatic carbocycles. The van der Waals surface area contributed by atoms with E-state index in [1.54, 1.807) is 11.3 Å². The number of carbonyl (C=O) groups excluding carboxylic acids is 1. The first-order valence-electron chi connectivity index (χ1n) is 8.00. The van der Waals surface area contributed by atoms with Gasteiger partial charge in [0, 0.05) is 24.3 Å². The summed E-state index contributed by atoms with van der Waals surface area (Å²) in [6, 6.07) is 0. The first-order valence-corrected chi connectivity index (χ1v) is 8.81. The highest BCUT2D eigenvalue weighted by molar-refractivity contribution is 7.15. The topological polar surface area (TPSA) is 51.2 Å². The summed E-state index contributed by atoms with van der Waals surface area (Å²) < 4.78 is 5.35. The van der Waals surface area contributed by atoms with E-state index in [1.165, 1.54) is 30.6 Å². The lowest BCUT2D eigenvalue weighted by molar-refractivity contribution is -0.129. The third-order valence-electron chi connectivity index (χ3n) is 4.88. The lowest BCUT2D eigenvalue weighted by atomic mass is 9.81. The molecule has 2 aliphatic rings. The van der Waals surface area contributed by atoms with Crippen LogP contribution in [-0.4, -0.2) is 24.1 Å². The van der Waals surface area contributed by atoms with Crippen LogP contribution in [0.5, 0.6) is 0 Å². The highest BCUT2D eigenvalue weighted by Gasteiger charge is 2.35. The quantitative estimate of drug-likeness (QED) is 0.924. The van der Waals surface area contributed by atoms with E-state index >= 15 is 0 Å². The molecular formula is C16H24N2O2S. The zero-order valence-electron chi connectivity index (χ0n) is 12.7. The van der Waals surface area contributed by atoms with Crippen molar-refractivity contribution in [1.29, 1.82) is 0 Å². The van der Waals surface area contributed by atoms with Gasteiger partial charge in [0.05, 0.1) is 5.41 Å². The summed E-state index contributed by atoms with van der Waals surface area (Å²) in [6.45, 7) is 3.38. The number of hydrogen-bond donors (Lipinski definition) is 1. The fourth-order valence-electron chi connectivity index (χ4n) is 3.26. The van der Waals surface area contributed by atoms with Crippen LogP contribution in [0.15, 0.2) is 6.20 Å². The Labute approximate surface area is 130 Å². The first-order chi connectivity index (χ1) is 10.2. The second-order valence-corrected chi connectivity index (χ2v) is 7.73. The third kappa shape index (κ3) is 3.64. The molecule has 3 rings (SSSR count). The van der Waals surface area contributed by atoms with E-state index in [9.17, 15) is 4.79 Å². The Bertz CT molecular complexity index is 488. The lowest BCUT2D eigenvalue weighted by Crippen LogP contribution is -2.38. The zero-order chi connectivity index (χ0) is 14.7. The number of thiazole rings is 1. The highest BCUT2D eigenvalue weighted by Crippen LogP contribution is 2.33. The molecule has 2 heterocycles. The molecule has 4 nitrogen and oxygen atoms in total. The lowest BCUT2D eigenvalue weighted by Gasteiger charge is -2.31. The minimum Gasteiger partial charge on any atom is -0.381 e. The average molecular weight is 308 g/mol. The minimum absolute atomic E-state index is 0.0903. The number of hydrogen-bond acceptors (Lipinski definition) is 4.